The molecule has 1 aromatic rings. The minimum Gasteiger partial charge on any atom is -0.255 e. The molecule has 0 saturated carbocycles. The van der Waals surface area contributed by atoms with E-state index in [-0.39, 0.29) is 12.1 Å². The predicted molar refractivity (Wildman–Crippen MR) is 58.7 cm³/mol. The van der Waals surface area contributed by atoms with Crippen LogP contribution in [0.1, 0.15) is 5.56 Å². The molecular weight excluding hydrogens is 337 g/mol. The van der Waals surface area contributed by atoms with Crippen molar-refractivity contribution in [3.05, 3.63) is 28.8 Å². The standard InChI is InChI=1S/C10H6ClF7OS/c1-20(19)7-3-5(2-6(11)4-7)8(12,9(13,14)15)10(16,17)18/h2-4H,1H3. The van der Waals surface area contributed by atoms with Gasteiger partial charge in [-0.3, -0.25) is 4.21 Å². The fraction of sp³-hybridized carbons (Fsp3) is 0.400. The third kappa shape index (κ3) is 2.93. The molecule has 0 N–H and O–H groups in total. The van der Waals surface area contributed by atoms with E-state index < -0.39 is 44.3 Å². The van der Waals surface area contributed by atoms with E-state index in [1.807, 2.05) is 0 Å². The first-order chi connectivity index (χ1) is 8.80. The Morgan fingerprint density at radius 3 is 1.75 bits per heavy atom. The summed E-state index contributed by atoms with van der Waals surface area (Å²) >= 11 is 5.36. The maximum atomic E-state index is 13.8. The van der Waals surface area contributed by atoms with Crippen LogP contribution in [0.15, 0.2) is 23.1 Å². The highest BCUT2D eigenvalue weighted by Crippen LogP contribution is 2.53. The Labute approximate surface area is 116 Å². The summed E-state index contributed by atoms with van der Waals surface area (Å²) in [7, 11) is -1.92. The van der Waals surface area contributed by atoms with Gasteiger partial charge >= 0.3 is 18.0 Å². The van der Waals surface area contributed by atoms with Crippen molar-refractivity contribution in [2.45, 2.75) is 22.9 Å². The van der Waals surface area contributed by atoms with E-state index in [0.717, 1.165) is 12.3 Å². The van der Waals surface area contributed by atoms with Gasteiger partial charge in [0, 0.05) is 32.5 Å². The normalized spacial score (nSPS) is 15.2. The summed E-state index contributed by atoms with van der Waals surface area (Å²) in [5.74, 6) is 0. The van der Waals surface area contributed by atoms with Crippen molar-refractivity contribution in [2.75, 3.05) is 6.26 Å². The van der Waals surface area contributed by atoms with E-state index in [1.54, 1.807) is 0 Å². The Morgan fingerprint density at radius 2 is 1.40 bits per heavy atom. The minimum atomic E-state index is -6.23. The van der Waals surface area contributed by atoms with E-state index in [1.165, 1.54) is 0 Å². The third-order valence-corrected chi connectivity index (χ3v) is 3.50. The van der Waals surface area contributed by atoms with Gasteiger partial charge in [-0.1, -0.05) is 11.6 Å². The van der Waals surface area contributed by atoms with Crippen molar-refractivity contribution in [2.24, 2.45) is 0 Å². The highest BCUT2D eigenvalue weighted by molar-refractivity contribution is 7.84. The lowest BCUT2D eigenvalue weighted by Gasteiger charge is -2.30. The van der Waals surface area contributed by atoms with Gasteiger partial charge in [-0.05, 0) is 18.2 Å². The monoisotopic (exact) mass is 342 g/mol. The van der Waals surface area contributed by atoms with Crippen LogP contribution in [0, 0.1) is 0 Å². The van der Waals surface area contributed by atoms with Gasteiger partial charge in [-0.15, -0.1) is 0 Å². The van der Waals surface area contributed by atoms with Crippen molar-refractivity contribution < 1.29 is 34.9 Å². The molecule has 0 saturated heterocycles. The number of halogens is 8. The minimum absolute atomic E-state index is 0.207. The number of rotatable bonds is 2. The van der Waals surface area contributed by atoms with Crippen LogP contribution >= 0.6 is 11.6 Å². The summed E-state index contributed by atoms with van der Waals surface area (Å²) in [6.45, 7) is 0. The van der Waals surface area contributed by atoms with Gasteiger partial charge in [-0.2, -0.15) is 26.3 Å². The first-order valence-electron chi connectivity index (χ1n) is 4.77. The molecule has 0 spiro atoms. The lowest BCUT2D eigenvalue weighted by Crippen LogP contribution is -2.50. The average molecular weight is 343 g/mol. The molecule has 0 fully saturated rings. The summed E-state index contributed by atoms with van der Waals surface area (Å²) in [6.07, 6.45) is -11.5. The van der Waals surface area contributed by atoms with E-state index in [2.05, 4.69) is 0 Å². The van der Waals surface area contributed by atoms with Gasteiger partial charge < -0.3 is 0 Å². The van der Waals surface area contributed by atoms with Gasteiger partial charge in [0.15, 0.2) is 0 Å². The average Bonchev–Trinajstić information content (AvgIpc) is 2.23. The van der Waals surface area contributed by atoms with Crippen LogP contribution in [0.25, 0.3) is 0 Å². The Kier molecular flexibility index (Phi) is 4.46. The number of alkyl halides is 7. The largest absolute Gasteiger partial charge is 0.435 e. The molecule has 0 amide bonds. The topological polar surface area (TPSA) is 17.1 Å². The van der Waals surface area contributed by atoms with Crippen LogP contribution in [0.4, 0.5) is 30.7 Å². The first-order valence-corrected chi connectivity index (χ1v) is 6.71. The lowest BCUT2D eigenvalue weighted by molar-refractivity contribution is -0.348. The molecule has 1 unspecified atom stereocenters. The maximum absolute atomic E-state index is 13.8. The molecule has 10 heteroatoms. The highest BCUT2D eigenvalue weighted by atomic mass is 35.5. The smallest absolute Gasteiger partial charge is 0.255 e. The molecule has 0 aliphatic rings. The Bertz CT molecular complexity index is 523. The van der Waals surface area contributed by atoms with Crippen molar-refractivity contribution in [3.8, 4) is 0 Å². The van der Waals surface area contributed by atoms with Crippen LogP contribution in [0.2, 0.25) is 5.02 Å². The van der Waals surface area contributed by atoms with E-state index in [0.29, 0.717) is 0 Å². The second-order valence-electron chi connectivity index (χ2n) is 3.78. The Morgan fingerprint density at radius 1 is 0.950 bits per heavy atom. The van der Waals surface area contributed by atoms with Crippen molar-refractivity contribution in [3.63, 3.8) is 0 Å². The molecule has 0 bridgehead atoms. The zero-order valence-electron chi connectivity index (χ0n) is 9.57. The van der Waals surface area contributed by atoms with Crippen LogP contribution < -0.4 is 0 Å². The summed E-state index contributed by atoms with van der Waals surface area (Å²) in [4.78, 5) is -0.442. The fourth-order valence-corrected chi connectivity index (χ4v) is 2.30. The number of benzene rings is 1. The molecule has 1 atom stereocenters. The summed E-state index contributed by atoms with van der Waals surface area (Å²) in [6, 6.07) is 1.34. The van der Waals surface area contributed by atoms with Gasteiger partial charge in [0.1, 0.15) is 0 Å². The van der Waals surface area contributed by atoms with Gasteiger partial charge in [0.05, 0.1) is 0 Å². The van der Waals surface area contributed by atoms with Crippen LogP contribution in [-0.2, 0) is 16.5 Å². The summed E-state index contributed by atoms with van der Waals surface area (Å²) in [5, 5.41) is -0.580. The highest BCUT2D eigenvalue weighted by Gasteiger charge is 2.73. The second kappa shape index (κ2) is 5.18. The van der Waals surface area contributed by atoms with Crippen molar-refractivity contribution in [1.29, 1.82) is 0 Å². The predicted octanol–water partition coefficient (Wildman–Crippen LogP) is 4.37. The zero-order chi connectivity index (χ0) is 15.9. The fourth-order valence-electron chi connectivity index (χ4n) is 1.42. The molecule has 1 nitrogen and oxygen atoms in total. The molecule has 1 rings (SSSR count). The summed E-state index contributed by atoms with van der Waals surface area (Å²) in [5.41, 5.74) is -7.34. The molecule has 114 valence electrons. The molecule has 0 radical (unpaired) electrons. The summed E-state index contributed by atoms with van der Waals surface area (Å²) < 4.78 is 100. The quantitative estimate of drug-likeness (QED) is 0.730. The Balaban J connectivity index is 3.64. The zero-order valence-corrected chi connectivity index (χ0v) is 11.1. The first kappa shape index (κ1) is 17.2. The van der Waals surface area contributed by atoms with E-state index >= 15 is 0 Å². The Hall–Kier alpha value is -0.830. The molecule has 0 heterocycles. The second-order valence-corrected chi connectivity index (χ2v) is 5.60. The molecule has 20 heavy (non-hydrogen) atoms. The van der Waals surface area contributed by atoms with Gasteiger partial charge in [0.25, 0.3) is 0 Å². The van der Waals surface area contributed by atoms with Crippen LogP contribution in [0.3, 0.4) is 0 Å². The maximum Gasteiger partial charge on any atom is 0.435 e. The van der Waals surface area contributed by atoms with E-state index in [9.17, 15) is 34.9 Å². The van der Waals surface area contributed by atoms with Crippen LogP contribution in [0.5, 0.6) is 0 Å². The SMILES string of the molecule is CS(=O)c1cc(Cl)cc(C(F)(C(F)(F)F)C(F)(F)F)c1. The molecule has 0 aliphatic heterocycles. The number of hydrogen-bond acceptors (Lipinski definition) is 1. The van der Waals surface area contributed by atoms with Gasteiger partial charge in [-0.25, -0.2) is 4.39 Å². The van der Waals surface area contributed by atoms with Crippen molar-refractivity contribution >= 4 is 22.4 Å². The number of hydrogen-bond donors (Lipinski definition) is 0. The van der Waals surface area contributed by atoms with E-state index in [4.69, 9.17) is 11.6 Å². The molecule has 0 aromatic heterocycles. The van der Waals surface area contributed by atoms with Crippen LogP contribution in [-0.4, -0.2) is 22.8 Å². The van der Waals surface area contributed by atoms with Gasteiger partial charge in [0.2, 0.25) is 0 Å². The lowest BCUT2D eigenvalue weighted by atomic mass is 9.94. The third-order valence-electron chi connectivity index (χ3n) is 2.38. The molecule has 0 aliphatic carbocycles. The van der Waals surface area contributed by atoms with Crippen molar-refractivity contribution in [1.82, 2.24) is 0 Å². The molecular formula is C10H6ClF7OS. The molecule has 1 aromatic carbocycles.